The Morgan fingerprint density at radius 3 is 2.94 bits per heavy atom. The molecule has 0 aliphatic carbocycles. The maximum atomic E-state index is 11.6. The fourth-order valence-corrected chi connectivity index (χ4v) is 1.76. The topological polar surface area (TPSA) is 75.1 Å². The van der Waals surface area contributed by atoms with Crippen LogP contribution in [-0.4, -0.2) is 20.9 Å². The Morgan fingerprint density at radius 1 is 1.50 bits per heavy atom. The quantitative estimate of drug-likeness (QED) is 0.806. The third-order valence-corrected chi connectivity index (χ3v) is 2.57. The lowest BCUT2D eigenvalue weighted by molar-refractivity contribution is -0.136. The SMILES string of the molecule is Cn1[nH]c2c(CCC(=O)O)cccc2c1=O. The number of hydrogen-bond donors (Lipinski definition) is 2. The summed E-state index contributed by atoms with van der Waals surface area (Å²) in [6.07, 6.45) is 0.489. The fraction of sp³-hybridized carbons (Fsp3) is 0.273. The van der Waals surface area contributed by atoms with Crippen molar-refractivity contribution in [3.63, 3.8) is 0 Å². The third-order valence-electron chi connectivity index (χ3n) is 2.57. The highest BCUT2D eigenvalue weighted by molar-refractivity contribution is 5.81. The molecule has 0 atom stereocenters. The van der Waals surface area contributed by atoms with E-state index in [2.05, 4.69) is 5.10 Å². The van der Waals surface area contributed by atoms with E-state index in [1.165, 1.54) is 4.68 Å². The summed E-state index contributed by atoms with van der Waals surface area (Å²) in [6.45, 7) is 0. The van der Waals surface area contributed by atoms with Gasteiger partial charge in [0.1, 0.15) is 0 Å². The van der Waals surface area contributed by atoms with E-state index >= 15 is 0 Å². The monoisotopic (exact) mass is 220 g/mol. The first-order valence-electron chi connectivity index (χ1n) is 4.98. The lowest BCUT2D eigenvalue weighted by atomic mass is 10.1. The number of carboxylic acid groups (broad SMARTS) is 1. The molecule has 1 aromatic carbocycles. The maximum absolute atomic E-state index is 11.6. The number of benzene rings is 1. The van der Waals surface area contributed by atoms with Crippen molar-refractivity contribution in [2.75, 3.05) is 0 Å². The molecule has 0 spiro atoms. The van der Waals surface area contributed by atoms with Crippen LogP contribution in [0.2, 0.25) is 0 Å². The van der Waals surface area contributed by atoms with Gasteiger partial charge in [0.15, 0.2) is 0 Å². The van der Waals surface area contributed by atoms with Crippen LogP contribution in [0.25, 0.3) is 10.9 Å². The van der Waals surface area contributed by atoms with Gasteiger partial charge in [0.2, 0.25) is 0 Å². The van der Waals surface area contributed by atoms with Crippen molar-refractivity contribution in [2.24, 2.45) is 7.05 Å². The second-order valence-electron chi connectivity index (χ2n) is 3.71. The number of nitrogens with zero attached hydrogens (tertiary/aromatic N) is 1. The van der Waals surface area contributed by atoms with E-state index in [1.54, 1.807) is 19.2 Å². The van der Waals surface area contributed by atoms with Crippen LogP contribution < -0.4 is 5.56 Å². The van der Waals surface area contributed by atoms with Crippen LogP contribution in [0.1, 0.15) is 12.0 Å². The molecule has 5 heteroatoms. The molecule has 0 saturated heterocycles. The molecular formula is C11H12N2O3. The van der Waals surface area contributed by atoms with Crippen LogP contribution in [0, 0.1) is 0 Å². The van der Waals surface area contributed by atoms with Crippen molar-refractivity contribution in [3.8, 4) is 0 Å². The van der Waals surface area contributed by atoms with Crippen molar-refractivity contribution < 1.29 is 9.90 Å². The van der Waals surface area contributed by atoms with E-state index in [1.807, 2.05) is 6.07 Å². The summed E-state index contributed by atoms with van der Waals surface area (Å²) in [4.78, 5) is 22.1. The summed E-state index contributed by atoms with van der Waals surface area (Å²) < 4.78 is 1.40. The average Bonchev–Trinajstić information content (AvgIpc) is 2.53. The van der Waals surface area contributed by atoms with Crippen molar-refractivity contribution in [1.29, 1.82) is 0 Å². The Hall–Kier alpha value is -2.04. The van der Waals surface area contributed by atoms with Gasteiger partial charge in [-0.1, -0.05) is 12.1 Å². The molecule has 2 N–H and O–H groups in total. The Balaban J connectivity index is 2.50. The largest absolute Gasteiger partial charge is 0.481 e. The van der Waals surface area contributed by atoms with Gasteiger partial charge in [-0.05, 0) is 18.1 Å². The predicted octanol–water partition coefficient (Wildman–Crippen LogP) is 0.884. The normalized spacial score (nSPS) is 10.8. The van der Waals surface area contributed by atoms with Crippen molar-refractivity contribution in [2.45, 2.75) is 12.8 Å². The zero-order valence-electron chi connectivity index (χ0n) is 8.86. The summed E-state index contributed by atoms with van der Waals surface area (Å²) in [5, 5.41) is 12.2. The lowest BCUT2D eigenvalue weighted by Crippen LogP contribution is -2.10. The summed E-state index contributed by atoms with van der Waals surface area (Å²) in [7, 11) is 1.64. The van der Waals surface area contributed by atoms with Gasteiger partial charge in [0, 0.05) is 13.5 Å². The van der Waals surface area contributed by atoms with Crippen molar-refractivity contribution in [3.05, 3.63) is 34.1 Å². The van der Waals surface area contributed by atoms with E-state index in [9.17, 15) is 9.59 Å². The number of nitrogens with one attached hydrogen (secondary N) is 1. The Kier molecular flexibility index (Phi) is 2.52. The number of rotatable bonds is 3. The minimum Gasteiger partial charge on any atom is -0.481 e. The Bertz CT molecular complexity index is 595. The second kappa shape index (κ2) is 3.84. The second-order valence-corrected chi connectivity index (χ2v) is 3.71. The molecular weight excluding hydrogens is 208 g/mol. The highest BCUT2D eigenvalue weighted by atomic mass is 16.4. The predicted molar refractivity (Wildman–Crippen MR) is 59.5 cm³/mol. The van der Waals surface area contributed by atoms with E-state index in [-0.39, 0.29) is 12.0 Å². The number of aryl methyl sites for hydroxylation is 2. The van der Waals surface area contributed by atoms with Gasteiger partial charge in [-0.2, -0.15) is 0 Å². The number of aromatic nitrogens is 2. The van der Waals surface area contributed by atoms with Gasteiger partial charge in [0.25, 0.3) is 5.56 Å². The van der Waals surface area contributed by atoms with E-state index in [4.69, 9.17) is 5.11 Å². The van der Waals surface area contributed by atoms with Crippen molar-refractivity contribution in [1.82, 2.24) is 9.78 Å². The first kappa shape index (κ1) is 10.5. The lowest BCUT2D eigenvalue weighted by Gasteiger charge is -1.99. The zero-order valence-corrected chi connectivity index (χ0v) is 8.86. The minimum atomic E-state index is -0.838. The van der Waals surface area contributed by atoms with Gasteiger partial charge >= 0.3 is 5.97 Å². The van der Waals surface area contributed by atoms with Crippen LogP contribution in [0.3, 0.4) is 0 Å². The van der Waals surface area contributed by atoms with Gasteiger partial charge in [0.05, 0.1) is 10.9 Å². The Morgan fingerprint density at radius 2 is 2.25 bits per heavy atom. The van der Waals surface area contributed by atoms with Crippen LogP contribution in [0.15, 0.2) is 23.0 Å². The van der Waals surface area contributed by atoms with E-state index in [0.29, 0.717) is 11.8 Å². The zero-order chi connectivity index (χ0) is 11.7. The molecule has 1 aromatic heterocycles. The molecule has 0 amide bonds. The smallest absolute Gasteiger partial charge is 0.303 e. The Labute approximate surface area is 91.3 Å². The van der Waals surface area contributed by atoms with Gasteiger partial charge in [-0.15, -0.1) is 0 Å². The fourth-order valence-electron chi connectivity index (χ4n) is 1.76. The third kappa shape index (κ3) is 1.71. The minimum absolute atomic E-state index is 0.0655. The first-order chi connectivity index (χ1) is 7.59. The number of carbonyl (C=O) groups is 1. The van der Waals surface area contributed by atoms with Crippen LogP contribution in [0.5, 0.6) is 0 Å². The highest BCUT2D eigenvalue weighted by Gasteiger charge is 2.08. The summed E-state index contributed by atoms with van der Waals surface area (Å²) in [5.41, 5.74) is 1.50. The molecule has 0 saturated carbocycles. The molecule has 16 heavy (non-hydrogen) atoms. The molecule has 84 valence electrons. The number of hydrogen-bond acceptors (Lipinski definition) is 2. The van der Waals surface area contributed by atoms with Gasteiger partial charge in [-0.3, -0.25) is 19.4 Å². The van der Waals surface area contributed by atoms with Crippen LogP contribution in [-0.2, 0) is 18.3 Å². The van der Waals surface area contributed by atoms with Gasteiger partial charge < -0.3 is 5.11 Å². The first-order valence-corrected chi connectivity index (χ1v) is 4.98. The van der Waals surface area contributed by atoms with E-state index in [0.717, 1.165) is 11.1 Å². The molecule has 0 aliphatic rings. The molecule has 0 aliphatic heterocycles. The summed E-state index contributed by atoms with van der Waals surface area (Å²) in [5.74, 6) is -0.838. The maximum Gasteiger partial charge on any atom is 0.303 e. The molecule has 1 heterocycles. The molecule has 0 radical (unpaired) electrons. The van der Waals surface area contributed by atoms with Crippen LogP contribution in [0.4, 0.5) is 0 Å². The average molecular weight is 220 g/mol. The highest BCUT2D eigenvalue weighted by Crippen LogP contribution is 2.15. The standard InChI is InChI=1S/C11H12N2O3/c1-13-11(16)8-4-2-3-7(10(8)12-13)5-6-9(14)15/h2-4,12H,5-6H2,1H3,(H,14,15). The number of fused-ring (bicyclic) bond motifs is 1. The summed E-state index contributed by atoms with van der Waals surface area (Å²) >= 11 is 0. The number of para-hydroxylation sites is 1. The molecule has 0 fully saturated rings. The van der Waals surface area contributed by atoms with Crippen LogP contribution >= 0.6 is 0 Å². The molecule has 0 unspecified atom stereocenters. The molecule has 0 bridgehead atoms. The number of aliphatic carboxylic acids is 1. The number of carboxylic acids is 1. The summed E-state index contributed by atoms with van der Waals surface area (Å²) in [6, 6.07) is 5.34. The number of aromatic amines is 1. The number of H-pyrrole nitrogens is 1. The molecule has 2 rings (SSSR count). The molecule has 2 aromatic rings. The van der Waals surface area contributed by atoms with Gasteiger partial charge in [-0.25, -0.2) is 0 Å². The van der Waals surface area contributed by atoms with Crippen molar-refractivity contribution >= 4 is 16.9 Å². The molecule has 5 nitrogen and oxygen atoms in total. The van der Waals surface area contributed by atoms with E-state index < -0.39 is 5.97 Å².